The largest absolute Gasteiger partial charge is 0.351 e. The second-order valence-corrected chi connectivity index (χ2v) is 4.82. The van der Waals surface area contributed by atoms with E-state index < -0.39 is 0 Å². The highest BCUT2D eigenvalue weighted by Gasteiger charge is 2.32. The zero-order chi connectivity index (χ0) is 11.9. The van der Waals surface area contributed by atoms with Crippen molar-refractivity contribution < 1.29 is 0 Å². The number of hydrogen-bond acceptors (Lipinski definition) is 6. The second kappa shape index (κ2) is 3.89. The van der Waals surface area contributed by atoms with E-state index >= 15 is 0 Å². The lowest BCUT2D eigenvalue weighted by molar-refractivity contribution is 0.0251. The fourth-order valence-corrected chi connectivity index (χ4v) is 2.79. The molecule has 0 saturated carbocycles. The highest BCUT2D eigenvalue weighted by atomic mass is 15.4. The van der Waals surface area contributed by atoms with Gasteiger partial charge in [0.15, 0.2) is 11.5 Å². The number of H-pyrrole nitrogens is 1. The Morgan fingerprint density at radius 1 is 1.17 bits per heavy atom. The molecule has 2 aromatic rings. The van der Waals surface area contributed by atoms with Crippen molar-refractivity contribution in [1.82, 2.24) is 29.7 Å². The average Bonchev–Trinajstić information content (AvgIpc) is 2.90. The minimum Gasteiger partial charge on any atom is -0.351 e. The van der Waals surface area contributed by atoms with E-state index in [1.807, 2.05) is 0 Å². The van der Waals surface area contributed by atoms with Crippen molar-refractivity contribution in [2.45, 2.75) is 6.17 Å². The quantitative estimate of drug-likeness (QED) is 0.758. The molecule has 1 atom stereocenters. The molecular weight excluding hydrogens is 230 g/mol. The van der Waals surface area contributed by atoms with Crippen molar-refractivity contribution >= 4 is 17.0 Å². The first-order valence-electron chi connectivity index (χ1n) is 6.27. The van der Waals surface area contributed by atoms with Crippen LogP contribution in [0.15, 0.2) is 12.7 Å². The summed E-state index contributed by atoms with van der Waals surface area (Å²) in [6, 6.07) is 0. The molecule has 18 heavy (non-hydrogen) atoms. The van der Waals surface area contributed by atoms with E-state index in [0.29, 0.717) is 11.8 Å². The summed E-state index contributed by atoms with van der Waals surface area (Å²) in [7, 11) is 0. The summed E-state index contributed by atoms with van der Waals surface area (Å²) in [5.74, 6) is 0.844. The standard InChI is InChI=1S/C11H15N7/c1-3-18-4-2-17(1)5-8(18)16-11-9-10(13-6-12-9)14-7-15-11/h6-8H,1-5H2,(H2,12,13,14,15,16). The maximum absolute atomic E-state index is 4.32. The Morgan fingerprint density at radius 2 is 2.06 bits per heavy atom. The van der Waals surface area contributed by atoms with Crippen molar-refractivity contribution in [3.05, 3.63) is 12.7 Å². The fraction of sp³-hybridized carbons (Fsp3) is 0.545. The number of piperazine rings is 3. The minimum atomic E-state index is 0.342. The van der Waals surface area contributed by atoms with Crippen LogP contribution in [0.1, 0.15) is 0 Å². The van der Waals surface area contributed by atoms with Crippen LogP contribution < -0.4 is 5.32 Å². The Labute approximate surface area is 104 Å². The van der Waals surface area contributed by atoms with Crippen molar-refractivity contribution in [2.75, 3.05) is 38.0 Å². The van der Waals surface area contributed by atoms with Crippen LogP contribution in [0.25, 0.3) is 11.2 Å². The van der Waals surface area contributed by atoms with Crippen molar-refractivity contribution in [1.29, 1.82) is 0 Å². The van der Waals surface area contributed by atoms with Crippen LogP contribution in [-0.4, -0.2) is 68.6 Å². The Hall–Kier alpha value is -1.73. The smallest absolute Gasteiger partial charge is 0.182 e. The molecule has 0 amide bonds. The summed E-state index contributed by atoms with van der Waals surface area (Å²) in [6.07, 6.45) is 3.55. The lowest BCUT2D eigenvalue weighted by Gasteiger charge is -2.47. The summed E-state index contributed by atoms with van der Waals surface area (Å²) in [6.45, 7) is 5.69. The predicted molar refractivity (Wildman–Crippen MR) is 67.1 cm³/mol. The van der Waals surface area contributed by atoms with Crippen LogP contribution in [0.2, 0.25) is 0 Å². The fourth-order valence-electron chi connectivity index (χ4n) is 2.79. The van der Waals surface area contributed by atoms with Crippen LogP contribution in [0.5, 0.6) is 0 Å². The van der Waals surface area contributed by atoms with Gasteiger partial charge in [-0.15, -0.1) is 0 Å². The molecule has 0 spiro atoms. The maximum atomic E-state index is 4.32. The molecule has 3 fully saturated rings. The molecule has 1 unspecified atom stereocenters. The van der Waals surface area contributed by atoms with E-state index in [2.05, 4.69) is 35.1 Å². The van der Waals surface area contributed by atoms with Gasteiger partial charge in [-0.05, 0) is 0 Å². The summed E-state index contributed by atoms with van der Waals surface area (Å²) in [5, 5.41) is 3.50. The van der Waals surface area contributed by atoms with Gasteiger partial charge in [0.1, 0.15) is 11.8 Å². The lowest BCUT2D eigenvalue weighted by Crippen LogP contribution is -2.63. The van der Waals surface area contributed by atoms with E-state index in [1.165, 1.54) is 13.1 Å². The van der Waals surface area contributed by atoms with Gasteiger partial charge in [0.25, 0.3) is 0 Å². The molecule has 2 aromatic heterocycles. The normalized spacial score (nSPS) is 30.8. The first-order valence-corrected chi connectivity index (χ1v) is 6.27. The molecule has 7 nitrogen and oxygen atoms in total. The van der Waals surface area contributed by atoms with E-state index in [-0.39, 0.29) is 0 Å². The number of rotatable bonds is 2. The maximum Gasteiger partial charge on any atom is 0.182 e. The summed E-state index contributed by atoms with van der Waals surface area (Å²) in [5.41, 5.74) is 1.60. The van der Waals surface area contributed by atoms with E-state index in [1.54, 1.807) is 12.7 Å². The van der Waals surface area contributed by atoms with Gasteiger partial charge in [0.2, 0.25) is 0 Å². The van der Waals surface area contributed by atoms with Gasteiger partial charge < -0.3 is 10.3 Å². The Kier molecular flexibility index (Phi) is 2.21. The van der Waals surface area contributed by atoms with Gasteiger partial charge >= 0.3 is 0 Å². The number of nitrogens with zero attached hydrogens (tertiary/aromatic N) is 5. The van der Waals surface area contributed by atoms with Gasteiger partial charge in [-0.2, -0.15) is 0 Å². The van der Waals surface area contributed by atoms with Crippen LogP contribution in [0.3, 0.4) is 0 Å². The average molecular weight is 245 g/mol. The molecule has 94 valence electrons. The van der Waals surface area contributed by atoms with Gasteiger partial charge in [0, 0.05) is 32.7 Å². The number of aromatic amines is 1. The predicted octanol–water partition coefficient (Wildman–Crippen LogP) is -0.278. The van der Waals surface area contributed by atoms with Crippen LogP contribution >= 0.6 is 0 Å². The highest BCUT2D eigenvalue weighted by Crippen LogP contribution is 2.20. The van der Waals surface area contributed by atoms with Crippen molar-refractivity contribution in [3.63, 3.8) is 0 Å². The molecule has 0 aliphatic carbocycles. The Bertz CT molecular complexity index is 557. The van der Waals surface area contributed by atoms with E-state index in [4.69, 9.17) is 0 Å². The molecule has 2 bridgehead atoms. The van der Waals surface area contributed by atoms with Gasteiger partial charge in [0.05, 0.1) is 12.5 Å². The number of hydrogen-bond donors (Lipinski definition) is 2. The molecule has 3 saturated heterocycles. The number of aromatic nitrogens is 4. The molecule has 3 aliphatic rings. The third kappa shape index (κ3) is 1.55. The van der Waals surface area contributed by atoms with Crippen molar-refractivity contribution in [3.8, 4) is 0 Å². The van der Waals surface area contributed by atoms with E-state index in [0.717, 1.165) is 31.0 Å². The highest BCUT2D eigenvalue weighted by molar-refractivity contribution is 5.82. The first kappa shape index (κ1) is 10.2. The van der Waals surface area contributed by atoms with Gasteiger partial charge in [-0.3, -0.25) is 9.80 Å². The first-order chi connectivity index (χ1) is 8.90. The Balaban J connectivity index is 1.62. The zero-order valence-electron chi connectivity index (χ0n) is 10.0. The lowest BCUT2D eigenvalue weighted by atomic mass is 10.2. The van der Waals surface area contributed by atoms with E-state index in [9.17, 15) is 0 Å². The second-order valence-electron chi connectivity index (χ2n) is 4.82. The van der Waals surface area contributed by atoms with Crippen molar-refractivity contribution in [2.24, 2.45) is 0 Å². The summed E-state index contributed by atoms with van der Waals surface area (Å²) < 4.78 is 0. The molecule has 2 N–H and O–H groups in total. The van der Waals surface area contributed by atoms with Gasteiger partial charge in [-0.1, -0.05) is 0 Å². The third-order valence-corrected chi connectivity index (χ3v) is 3.81. The molecule has 5 rings (SSSR count). The molecule has 3 aliphatic heterocycles. The molecule has 5 heterocycles. The topological polar surface area (TPSA) is 73.0 Å². The minimum absolute atomic E-state index is 0.342. The molecular formula is C11H15N7. The summed E-state index contributed by atoms with van der Waals surface area (Å²) >= 11 is 0. The SMILES string of the molecule is c1nc(NC2CN3CCN2CC3)c2[nH]cnc2n1. The van der Waals surface area contributed by atoms with Crippen LogP contribution in [-0.2, 0) is 0 Å². The molecule has 0 radical (unpaired) electrons. The number of imidazole rings is 1. The third-order valence-electron chi connectivity index (χ3n) is 3.81. The Morgan fingerprint density at radius 3 is 2.83 bits per heavy atom. The molecule has 7 heteroatoms. The zero-order valence-corrected chi connectivity index (χ0v) is 10.0. The number of anilines is 1. The van der Waals surface area contributed by atoms with Gasteiger partial charge in [-0.25, -0.2) is 15.0 Å². The van der Waals surface area contributed by atoms with Crippen LogP contribution in [0, 0.1) is 0 Å². The van der Waals surface area contributed by atoms with Crippen LogP contribution in [0.4, 0.5) is 5.82 Å². The monoisotopic (exact) mass is 245 g/mol. The summed E-state index contributed by atoms with van der Waals surface area (Å²) in [4.78, 5) is 20.6. The number of fused-ring (bicyclic) bond motifs is 4. The number of nitrogens with one attached hydrogen (secondary N) is 2. The molecule has 0 aromatic carbocycles.